The van der Waals surface area contributed by atoms with Crippen LogP contribution in [-0.4, -0.2) is 288 Å². The van der Waals surface area contributed by atoms with E-state index in [1.807, 2.05) is 46.8 Å². The molecule has 0 bridgehead atoms. The fourth-order valence-corrected chi connectivity index (χ4v) is 11.1. The number of fused-ring (bicyclic) bond motifs is 2. The van der Waals surface area contributed by atoms with Gasteiger partial charge in [0.05, 0.1) is 175 Å². The van der Waals surface area contributed by atoms with Crippen LogP contribution in [-0.2, 0) is 87.8 Å². The molecule has 0 aliphatic carbocycles. The number of imidazole rings is 2. The van der Waals surface area contributed by atoms with Crippen molar-refractivity contribution >= 4 is 69.7 Å². The first kappa shape index (κ1) is 85.5. The van der Waals surface area contributed by atoms with Crippen molar-refractivity contribution in [1.29, 1.82) is 0 Å². The Kier molecular flexibility index (Phi) is 37.2. The molecule has 0 unspecified atom stereocenters. The maximum Gasteiger partial charge on any atom is 0.407 e. The maximum absolute atomic E-state index is 14.1. The number of carbonyl (C=O) groups is 6. The molecule has 6 aromatic rings. The second-order valence-corrected chi connectivity index (χ2v) is 25.5. The summed E-state index contributed by atoms with van der Waals surface area (Å²) in [6.07, 6.45) is 4.02. The molecule has 0 radical (unpaired) electrons. The molecule has 2 aromatic carbocycles. The van der Waals surface area contributed by atoms with Crippen molar-refractivity contribution in [2.24, 2.45) is 11.5 Å². The van der Waals surface area contributed by atoms with Gasteiger partial charge in [-0.3, -0.25) is 48.9 Å². The number of aryl methyl sites for hydroxylation is 4. The van der Waals surface area contributed by atoms with E-state index in [0.29, 0.717) is 214 Å². The van der Waals surface area contributed by atoms with Crippen LogP contribution in [0.5, 0.6) is 11.5 Å². The van der Waals surface area contributed by atoms with Crippen molar-refractivity contribution < 1.29 is 95.1 Å². The molecule has 1 saturated heterocycles. The summed E-state index contributed by atoms with van der Waals surface area (Å²) in [5, 5.41) is 17.6. The Labute approximate surface area is 623 Å². The van der Waals surface area contributed by atoms with Crippen molar-refractivity contribution in [3.8, 4) is 11.5 Å². The van der Waals surface area contributed by atoms with Crippen molar-refractivity contribution in [1.82, 2.24) is 53.8 Å². The van der Waals surface area contributed by atoms with Gasteiger partial charge >= 0.3 is 12.1 Å². The Morgan fingerprint density at radius 2 is 0.888 bits per heavy atom. The Bertz CT molecular complexity index is 3760. The summed E-state index contributed by atoms with van der Waals surface area (Å²) in [6.45, 7) is 27.6. The Hall–Kier alpha value is -8.72. The van der Waals surface area contributed by atoms with E-state index in [9.17, 15) is 28.8 Å². The maximum atomic E-state index is 14.1. The predicted molar refractivity (Wildman–Crippen MR) is 394 cm³/mol. The van der Waals surface area contributed by atoms with Crippen molar-refractivity contribution in [3.05, 3.63) is 82.5 Å². The summed E-state index contributed by atoms with van der Waals surface area (Å²) in [7, 11) is 1.46. The molecule has 5 heterocycles. The second kappa shape index (κ2) is 46.5. The first-order valence-electron chi connectivity index (χ1n) is 36.3. The molecular formula is C72H109N15O20. The summed E-state index contributed by atoms with van der Waals surface area (Å²) >= 11 is 0. The fraction of sp³-hybridized carbons (Fsp3) is 0.611. The minimum absolute atomic E-state index is 0.100. The average Bonchev–Trinajstić information content (AvgIpc) is 1.63. The molecule has 0 atom stereocenters. The van der Waals surface area contributed by atoms with Crippen LogP contribution in [0.1, 0.15) is 101 Å². The van der Waals surface area contributed by atoms with Gasteiger partial charge in [-0.25, -0.2) is 14.8 Å². The lowest BCUT2D eigenvalue weighted by Crippen LogP contribution is -2.48. The zero-order valence-corrected chi connectivity index (χ0v) is 63.2. The number of nitrogens with zero attached hydrogens (tertiary/aromatic N) is 10. The van der Waals surface area contributed by atoms with Gasteiger partial charge in [-0.05, 0) is 91.3 Å². The number of nitrogens with two attached hydrogens (primary N) is 2. The Morgan fingerprint density at radius 3 is 1.28 bits per heavy atom. The number of methoxy groups -OCH3 is 1. The average molecular weight is 1500 g/mol. The molecule has 35 heteroatoms. The number of nitrogens with one attached hydrogen (secondary N) is 3. The van der Waals surface area contributed by atoms with Crippen LogP contribution in [0.2, 0.25) is 0 Å². The molecule has 592 valence electrons. The van der Waals surface area contributed by atoms with Gasteiger partial charge in [-0.1, -0.05) is 12.2 Å². The van der Waals surface area contributed by atoms with Gasteiger partial charge in [0.1, 0.15) is 46.1 Å². The van der Waals surface area contributed by atoms with E-state index in [2.05, 4.69) is 35.9 Å². The van der Waals surface area contributed by atoms with E-state index in [1.54, 1.807) is 56.6 Å². The number of benzene rings is 2. The van der Waals surface area contributed by atoms with Gasteiger partial charge in [-0.2, -0.15) is 10.2 Å². The normalized spacial score (nSPS) is 12.9. The SMILES string of the molecule is CCn1nc(C)cc1C(=O)Nc1nc2cc(C(N)=O)cc(OC)c2n1C/C=C/Cn1c(NC(=O)c2cc(C)nn2CC)nc2cc(C(N)=O)cc(OCCCN3CCN(CCNC(=O)OCCOCCOCCOCCOCCOCCOCCOCCOCCOCCOCCC(=O)OC(C)(C)C)CC3)c21. The van der Waals surface area contributed by atoms with Crippen LogP contribution in [0.4, 0.5) is 16.7 Å². The van der Waals surface area contributed by atoms with Crippen molar-refractivity contribution in [3.63, 3.8) is 0 Å². The molecule has 35 nitrogen and oxygen atoms in total. The van der Waals surface area contributed by atoms with Crippen LogP contribution in [0.25, 0.3) is 22.1 Å². The number of ether oxygens (including phenoxy) is 14. The lowest BCUT2D eigenvalue weighted by molar-refractivity contribution is -0.156. The Balaban J connectivity index is 0.733. The molecule has 5 amide bonds. The largest absolute Gasteiger partial charge is 0.494 e. The molecule has 1 fully saturated rings. The quantitative estimate of drug-likeness (QED) is 0.0200. The van der Waals surface area contributed by atoms with Crippen molar-refractivity contribution in [2.75, 3.05) is 209 Å². The van der Waals surface area contributed by atoms with Gasteiger partial charge in [-0.15, -0.1) is 0 Å². The highest BCUT2D eigenvalue weighted by Gasteiger charge is 2.25. The number of alkyl carbamates (subject to hydrolysis) is 1. The topological polar surface area (TPSA) is 398 Å². The van der Waals surface area contributed by atoms with Crippen LogP contribution >= 0.6 is 0 Å². The highest BCUT2D eigenvalue weighted by Crippen LogP contribution is 2.33. The van der Waals surface area contributed by atoms with Gasteiger partial charge < -0.3 is 97.1 Å². The summed E-state index contributed by atoms with van der Waals surface area (Å²) in [5.41, 5.74) is 15.0. The third-order valence-electron chi connectivity index (χ3n) is 16.2. The van der Waals surface area contributed by atoms with E-state index in [0.717, 1.165) is 32.7 Å². The van der Waals surface area contributed by atoms with E-state index in [1.165, 1.54) is 19.2 Å². The van der Waals surface area contributed by atoms with Gasteiger partial charge in [0.2, 0.25) is 23.7 Å². The van der Waals surface area contributed by atoms with E-state index < -0.39 is 35.3 Å². The van der Waals surface area contributed by atoms with Gasteiger partial charge in [0.15, 0.2) is 0 Å². The highest BCUT2D eigenvalue weighted by atomic mass is 16.6. The van der Waals surface area contributed by atoms with Crippen molar-refractivity contribution in [2.45, 2.75) is 93.1 Å². The number of anilines is 2. The predicted octanol–water partition coefficient (Wildman–Crippen LogP) is 4.41. The molecule has 0 saturated carbocycles. The van der Waals surface area contributed by atoms with E-state index >= 15 is 0 Å². The number of esters is 1. The summed E-state index contributed by atoms with van der Waals surface area (Å²) < 4.78 is 84.6. The number of allylic oxidation sites excluding steroid dienone is 2. The molecule has 7 N–H and O–H groups in total. The Morgan fingerprint density at radius 1 is 0.505 bits per heavy atom. The third-order valence-corrected chi connectivity index (χ3v) is 16.2. The number of carbonyl (C=O) groups excluding carboxylic acids is 6. The molecule has 0 spiro atoms. The third kappa shape index (κ3) is 29.8. The molecule has 1 aliphatic rings. The zero-order chi connectivity index (χ0) is 76.8. The molecule has 1 aliphatic heterocycles. The standard InChI is InChI=1S/C72H109N15O20/c1-9-86-58(46-52(3)80-86)67(91)78-69-76-56-48-54(65(73)89)50-60(94-8)63(56)84(69)17-11-12-18-85-64-57(77-70(85)79-68(92)59-47-53(4)81-87(59)10-2)49-55(66(74)90)51-61(64)105-24-13-16-82-20-22-83(23-21-82)19-15-75-71(93)106-45-44-104-43-42-103-41-40-102-39-38-101-37-36-100-35-34-99-33-32-98-31-30-97-29-28-96-27-26-95-25-14-62(88)107-72(5,6)7/h11-12,46-51H,9-10,13-45H2,1-8H3,(H2,73,89)(H2,74,90)(H,75,93)(H,76,78,91)(H,77,79,92)/b12-11+. The van der Waals surface area contributed by atoms with Crippen LogP contribution in [0.3, 0.4) is 0 Å². The number of rotatable bonds is 54. The highest BCUT2D eigenvalue weighted by molar-refractivity contribution is 6.05. The molecule has 7 rings (SSSR count). The summed E-state index contributed by atoms with van der Waals surface area (Å²) in [4.78, 5) is 91.4. The van der Waals surface area contributed by atoms with E-state index in [-0.39, 0.29) is 68.3 Å². The van der Waals surface area contributed by atoms with Gasteiger partial charge in [0.25, 0.3) is 11.8 Å². The first-order chi connectivity index (χ1) is 51.7. The van der Waals surface area contributed by atoms with Crippen LogP contribution in [0.15, 0.2) is 48.6 Å². The number of primary amides is 2. The zero-order valence-electron chi connectivity index (χ0n) is 63.2. The smallest absolute Gasteiger partial charge is 0.407 e. The number of piperazine rings is 1. The number of amides is 5. The lowest BCUT2D eigenvalue weighted by Gasteiger charge is -2.34. The number of aromatic nitrogens is 8. The number of hydrogen-bond acceptors (Lipinski definition) is 26. The van der Waals surface area contributed by atoms with E-state index in [4.69, 9.17) is 87.8 Å². The second-order valence-electron chi connectivity index (χ2n) is 25.5. The summed E-state index contributed by atoms with van der Waals surface area (Å²) in [5.74, 6) is -1.62. The molecular weight excluding hydrogens is 1390 g/mol. The van der Waals surface area contributed by atoms with Crippen LogP contribution < -0.4 is 36.9 Å². The minimum Gasteiger partial charge on any atom is -0.494 e. The van der Waals surface area contributed by atoms with Crippen LogP contribution in [0, 0.1) is 13.8 Å². The fourth-order valence-electron chi connectivity index (χ4n) is 11.1. The monoisotopic (exact) mass is 1500 g/mol. The molecule has 107 heavy (non-hydrogen) atoms. The lowest BCUT2D eigenvalue weighted by atomic mass is 10.1. The summed E-state index contributed by atoms with van der Waals surface area (Å²) in [6, 6.07) is 9.54. The minimum atomic E-state index is -0.692. The first-order valence-corrected chi connectivity index (χ1v) is 36.3. The molecule has 4 aromatic heterocycles. The number of hydrogen-bond donors (Lipinski definition) is 5. The van der Waals surface area contributed by atoms with Gasteiger partial charge in [0, 0.05) is 83.1 Å².